The van der Waals surface area contributed by atoms with Crippen molar-refractivity contribution in [3.63, 3.8) is 0 Å². The molecule has 1 aliphatic carbocycles. The summed E-state index contributed by atoms with van der Waals surface area (Å²) in [5.74, 6) is 0.904. The van der Waals surface area contributed by atoms with Crippen LogP contribution < -0.4 is 0 Å². The quantitative estimate of drug-likeness (QED) is 0.604. The van der Waals surface area contributed by atoms with Crippen LogP contribution in [0.4, 0.5) is 0 Å². The Morgan fingerprint density at radius 1 is 1.33 bits per heavy atom. The lowest BCUT2D eigenvalue weighted by molar-refractivity contribution is -0.114. The highest BCUT2D eigenvalue weighted by molar-refractivity contribution is 5.50. The Balaban J connectivity index is 2.12. The van der Waals surface area contributed by atoms with E-state index in [-0.39, 0.29) is 6.61 Å². The van der Waals surface area contributed by atoms with Gasteiger partial charge in [-0.3, -0.25) is 0 Å². The van der Waals surface area contributed by atoms with Crippen molar-refractivity contribution in [2.75, 3.05) is 6.61 Å². The van der Waals surface area contributed by atoms with E-state index in [1.165, 1.54) is 19.3 Å². The molecule has 2 heteroatoms. The minimum absolute atomic E-state index is 0.279. The summed E-state index contributed by atoms with van der Waals surface area (Å²) in [5, 5.41) is 0. The first-order valence-corrected chi connectivity index (χ1v) is 4.92. The molecule has 12 heavy (non-hydrogen) atoms. The van der Waals surface area contributed by atoms with Crippen molar-refractivity contribution < 1.29 is 9.53 Å². The molecule has 70 valence electrons. The molecule has 1 rings (SSSR count). The van der Waals surface area contributed by atoms with Crippen molar-refractivity contribution in [3.05, 3.63) is 0 Å². The van der Waals surface area contributed by atoms with Crippen LogP contribution in [-0.4, -0.2) is 19.0 Å². The van der Waals surface area contributed by atoms with Crippen molar-refractivity contribution in [3.8, 4) is 0 Å². The molecule has 0 saturated heterocycles. The van der Waals surface area contributed by atoms with Gasteiger partial charge in [0.15, 0.2) is 0 Å². The van der Waals surface area contributed by atoms with E-state index in [0.717, 1.165) is 25.0 Å². The molecule has 0 aromatic heterocycles. The third kappa shape index (κ3) is 2.94. The molecular formula is C10H18O2. The number of carbonyl (C=O) groups excluding carboxylic acids is 1. The molecule has 1 fully saturated rings. The van der Waals surface area contributed by atoms with Crippen LogP contribution in [0.15, 0.2) is 0 Å². The summed E-state index contributed by atoms with van der Waals surface area (Å²) in [7, 11) is 0. The summed E-state index contributed by atoms with van der Waals surface area (Å²) in [6.07, 6.45) is 7.34. The van der Waals surface area contributed by atoms with E-state index in [1.807, 2.05) is 0 Å². The maximum atomic E-state index is 10.0. The van der Waals surface area contributed by atoms with Gasteiger partial charge in [0.25, 0.3) is 0 Å². The fourth-order valence-electron chi connectivity index (χ4n) is 1.88. The first kappa shape index (κ1) is 9.72. The normalized spacial score (nSPS) is 30.1. The number of ether oxygens (including phenoxy) is 1. The molecule has 0 aliphatic heterocycles. The first-order valence-electron chi connectivity index (χ1n) is 4.92. The average molecular weight is 170 g/mol. The van der Waals surface area contributed by atoms with E-state index in [9.17, 15) is 4.79 Å². The highest BCUT2D eigenvalue weighted by atomic mass is 16.5. The van der Waals surface area contributed by atoms with Crippen molar-refractivity contribution in [1.82, 2.24) is 0 Å². The second-order valence-electron chi connectivity index (χ2n) is 3.55. The van der Waals surface area contributed by atoms with Crippen LogP contribution in [-0.2, 0) is 9.53 Å². The highest BCUT2D eigenvalue weighted by Gasteiger charge is 2.19. The Hall–Kier alpha value is -0.370. The second kappa shape index (κ2) is 5.31. The van der Waals surface area contributed by atoms with Gasteiger partial charge >= 0.3 is 0 Å². The highest BCUT2D eigenvalue weighted by Crippen LogP contribution is 2.27. The summed E-state index contributed by atoms with van der Waals surface area (Å²) in [6.45, 7) is 2.53. The van der Waals surface area contributed by atoms with Crippen LogP contribution in [0.5, 0.6) is 0 Å². The Morgan fingerprint density at radius 2 is 2.00 bits per heavy atom. The summed E-state index contributed by atoms with van der Waals surface area (Å²) in [5.41, 5.74) is 0. The van der Waals surface area contributed by atoms with E-state index in [1.54, 1.807) is 0 Å². The molecule has 0 unspecified atom stereocenters. The molecule has 1 saturated carbocycles. The molecule has 0 amide bonds. The van der Waals surface area contributed by atoms with Gasteiger partial charge < -0.3 is 9.53 Å². The fourth-order valence-corrected chi connectivity index (χ4v) is 1.88. The third-order valence-electron chi connectivity index (χ3n) is 2.77. The third-order valence-corrected chi connectivity index (χ3v) is 2.77. The zero-order valence-electron chi connectivity index (χ0n) is 7.79. The summed E-state index contributed by atoms with van der Waals surface area (Å²) >= 11 is 0. The van der Waals surface area contributed by atoms with Gasteiger partial charge in [-0.2, -0.15) is 0 Å². The van der Waals surface area contributed by atoms with E-state index in [4.69, 9.17) is 4.74 Å². The first-order chi connectivity index (χ1) is 5.86. The van der Waals surface area contributed by atoms with Gasteiger partial charge in [0.05, 0.1) is 6.10 Å². The molecule has 1 aliphatic rings. The molecule has 0 N–H and O–H groups in total. The number of hydrogen-bond acceptors (Lipinski definition) is 2. The Kier molecular flexibility index (Phi) is 4.30. The molecule has 0 radical (unpaired) electrons. The van der Waals surface area contributed by atoms with Gasteiger partial charge in [-0.15, -0.1) is 0 Å². The molecule has 0 heterocycles. The monoisotopic (exact) mass is 170 g/mol. The van der Waals surface area contributed by atoms with Gasteiger partial charge in [0.2, 0.25) is 0 Å². The Morgan fingerprint density at radius 3 is 2.50 bits per heavy atom. The predicted molar refractivity (Wildman–Crippen MR) is 48.1 cm³/mol. The summed E-state index contributed by atoms with van der Waals surface area (Å²) < 4.78 is 5.36. The molecule has 0 aromatic rings. The SMILES string of the molecule is CCC1CCC(OCC=O)CC1. The zero-order chi connectivity index (χ0) is 8.81. The average Bonchev–Trinajstić information content (AvgIpc) is 2.15. The minimum Gasteiger partial charge on any atom is -0.371 e. The van der Waals surface area contributed by atoms with Gasteiger partial charge in [-0.05, 0) is 31.6 Å². The van der Waals surface area contributed by atoms with Gasteiger partial charge in [-0.1, -0.05) is 13.3 Å². The maximum Gasteiger partial charge on any atom is 0.145 e. The number of carbonyl (C=O) groups is 1. The molecule has 0 spiro atoms. The molecule has 2 nitrogen and oxygen atoms in total. The van der Waals surface area contributed by atoms with Crippen LogP contribution in [0.25, 0.3) is 0 Å². The molecule has 0 atom stereocenters. The molecule has 0 aromatic carbocycles. The standard InChI is InChI=1S/C10H18O2/c1-2-9-3-5-10(6-4-9)12-8-7-11/h7,9-10H,2-6,8H2,1H3. The van der Waals surface area contributed by atoms with Crippen molar-refractivity contribution in [2.24, 2.45) is 5.92 Å². The van der Waals surface area contributed by atoms with Gasteiger partial charge in [0, 0.05) is 0 Å². The lowest BCUT2D eigenvalue weighted by Gasteiger charge is -2.27. The second-order valence-corrected chi connectivity index (χ2v) is 3.55. The molecular weight excluding hydrogens is 152 g/mol. The van der Waals surface area contributed by atoms with Crippen LogP contribution in [0, 0.1) is 5.92 Å². The zero-order valence-corrected chi connectivity index (χ0v) is 7.79. The van der Waals surface area contributed by atoms with E-state index >= 15 is 0 Å². The maximum absolute atomic E-state index is 10.0. The lowest BCUT2D eigenvalue weighted by atomic mass is 9.86. The summed E-state index contributed by atoms with van der Waals surface area (Å²) in [6, 6.07) is 0. The Labute approximate surface area is 74.3 Å². The summed E-state index contributed by atoms with van der Waals surface area (Å²) in [4.78, 5) is 10.0. The van der Waals surface area contributed by atoms with Crippen LogP contribution in [0.3, 0.4) is 0 Å². The van der Waals surface area contributed by atoms with Gasteiger partial charge in [0.1, 0.15) is 12.9 Å². The van der Waals surface area contributed by atoms with Crippen LogP contribution >= 0.6 is 0 Å². The lowest BCUT2D eigenvalue weighted by Crippen LogP contribution is -2.22. The number of rotatable bonds is 4. The molecule has 0 bridgehead atoms. The van der Waals surface area contributed by atoms with Crippen molar-refractivity contribution >= 4 is 6.29 Å². The fraction of sp³-hybridized carbons (Fsp3) is 0.900. The number of aldehydes is 1. The minimum atomic E-state index is 0.279. The smallest absolute Gasteiger partial charge is 0.145 e. The number of hydrogen-bond donors (Lipinski definition) is 0. The van der Waals surface area contributed by atoms with Crippen molar-refractivity contribution in [1.29, 1.82) is 0 Å². The Bertz CT molecular complexity index is 126. The van der Waals surface area contributed by atoms with Crippen LogP contribution in [0.1, 0.15) is 39.0 Å². The van der Waals surface area contributed by atoms with Crippen LogP contribution in [0.2, 0.25) is 0 Å². The van der Waals surface area contributed by atoms with E-state index in [0.29, 0.717) is 6.10 Å². The van der Waals surface area contributed by atoms with E-state index < -0.39 is 0 Å². The van der Waals surface area contributed by atoms with Gasteiger partial charge in [-0.25, -0.2) is 0 Å². The largest absolute Gasteiger partial charge is 0.371 e. The van der Waals surface area contributed by atoms with E-state index in [2.05, 4.69) is 6.92 Å². The topological polar surface area (TPSA) is 26.3 Å². The van der Waals surface area contributed by atoms with Crippen molar-refractivity contribution in [2.45, 2.75) is 45.1 Å². The predicted octanol–water partition coefficient (Wildman–Crippen LogP) is 2.17.